The Morgan fingerprint density at radius 3 is 2.60 bits per heavy atom. The molecule has 1 N–H and O–H groups in total. The zero-order valence-corrected chi connectivity index (χ0v) is 21.6. The maximum absolute atomic E-state index is 5.89. The number of morpholine rings is 1. The molecule has 0 bridgehead atoms. The van der Waals surface area contributed by atoms with Crippen LogP contribution in [0, 0.1) is 20.8 Å². The largest absolute Gasteiger partial charge is 0.379 e. The van der Waals surface area contributed by atoms with Crippen molar-refractivity contribution < 1.29 is 4.74 Å². The first kappa shape index (κ1) is 23.9. The number of hydrogen-bond donors (Lipinski definition) is 1. The van der Waals surface area contributed by atoms with Crippen molar-refractivity contribution >= 4 is 17.3 Å². The molecule has 0 saturated carbocycles. The molecule has 184 valence electrons. The third-order valence-corrected chi connectivity index (χ3v) is 7.45. The van der Waals surface area contributed by atoms with Gasteiger partial charge in [-0.05, 0) is 80.9 Å². The number of ether oxygens (including phenoxy) is 1. The van der Waals surface area contributed by atoms with Crippen molar-refractivity contribution in [3.63, 3.8) is 0 Å². The van der Waals surface area contributed by atoms with Crippen LogP contribution in [0.5, 0.6) is 0 Å². The zero-order chi connectivity index (χ0) is 24.4. The monoisotopic (exact) mass is 490 g/mol. The molecule has 5 heterocycles. The molecule has 2 atom stereocenters. The second-order valence-corrected chi connectivity index (χ2v) is 9.87. The summed E-state index contributed by atoms with van der Waals surface area (Å²) in [5.74, 6) is 0.952. The Kier molecular flexibility index (Phi) is 7.13. The van der Waals surface area contributed by atoms with E-state index in [1.165, 1.54) is 22.5 Å². The third kappa shape index (κ3) is 4.96. The predicted octanol–water partition coefficient (Wildman–Crippen LogP) is 3.89. The molecule has 3 aromatic heterocycles. The smallest absolute Gasteiger partial charge is 0.170 e. The van der Waals surface area contributed by atoms with Gasteiger partial charge in [0.05, 0.1) is 31.0 Å². The van der Waals surface area contributed by atoms with E-state index < -0.39 is 0 Å². The standard InChI is InChI=1S/C27H34N6OS/c1-19-8-10-29-24(17-19)33-20(2)18-22(21(33)3)26-25(23-7-4-5-9-28-23)30-27(35)32(26)12-6-11-31-13-15-34-16-14-31/h4-5,7-10,17-18,25-26H,6,11-16H2,1-3H3,(H,30,35)/t25-,26+/m1/s1. The minimum Gasteiger partial charge on any atom is -0.379 e. The van der Waals surface area contributed by atoms with Gasteiger partial charge in [0.15, 0.2) is 5.11 Å². The molecule has 2 aliphatic rings. The van der Waals surface area contributed by atoms with Gasteiger partial charge in [0, 0.05) is 50.0 Å². The predicted molar refractivity (Wildman–Crippen MR) is 142 cm³/mol. The average Bonchev–Trinajstić information content (AvgIpc) is 3.35. The van der Waals surface area contributed by atoms with Crippen LogP contribution in [-0.4, -0.2) is 68.8 Å². The van der Waals surface area contributed by atoms with Gasteiger partial charge in [0.25, 0.3) is 0 Å². The molecule has 8 heteroatoms. The lowest BCUT2D eigenvalue weighted by Gasteiger charge is -2.30. The molecule has 35 heavy (non-hydrogen) atoms. The van der Waals surface area contributed by atoms with Crippen LogP contribution in [0.4, 0.5) is 0 Å². The molecule has 0 amide bonds. The molecule has 2 saturated heterocycles. The van der Waals surface area contributed by atoms with Gasteiger partial charge in [-0.1, -0.05) is 6.07 Å². The fraction of sp³-hybridized carbons (Fsp3) is 0.444. The van der Waals surface area contributed by atoms with E-state index in [9.17, 15) is 0 Å². The molecule has 2 fully saturated rings. The van der Waals surface area contributed by atoms with Crippen LogP contribution in [0.1, 0.15) is 46.7 Å². The van der Waals surface area contributed by atoms with Gasteiger partial charge in [-0.15, -0.1) is 0 Å². The second kappa shape index (κ2) is 10.4. The minimum atomic E-state index is -0.00787. The van der Waals surface area contributed by atoms with E-state index in [0.717, 1.165) is 62.4 Å². The van der Waals surface area contributed by atoms with E-state index in [0.29, 0.717) is 0 Å². The van der Waals surface area contributed by atoms with Crippen LogP contribution in [0.2, 0.25) is 0 Å². The average molecular weight is 491 g/mol. The quantitative estimate of drug-likeness (QED) is 0.504. The van der Waals surface area contributed by atoms with E-state index >= 15 is 0 Å². The number of hydrogen-bond acceptors (Lipinski definition) is 5. The summed E-state index contributed by atoms with van der Waals surface area (Å²) in [5, 5.41) is 4.40. The number of aryl methyl sites for hydroxylation is 2. The van der Waals surface area contributed by atoms with Crippen molar-refractivity contribution in [3.8, 4) is 5.82 Å². The lowest BCUT2D eigenvalue weighted by molar-refractivity contribution is 0.0365. The molecule has 3 aromatic rings. The van der Waals surface area contributed by atoms with Crippen LogP contribution < -0.4 is 5.32 Å². The van der Waals surface area contributed by atoms with Gasteiger partial charge in [-0.3, -0.25) is 9.88 Å². The first-order valence-corrected chi connectivity index (χ1v) is 12.8. The molecule has 0 spiro atoms. The van der Waals surface area contributed by atoms with Gasteiger partial charge >= 0.3 is 0 Å². The van der Waals surface area contributed by atoms with E-state index in [-0.39, 0.29) is 12.1 Å². The fourth-order valence-corrected chi connectivity index (χ4v) is 5.69. The number of thiocarbonyl (C=S) groups is 1. The van der Waals surface area contributed by atoms with Crippen LogP contribution >= 0.6 is 12.2 Å². The molecule has 7 nitrogen and oxygen atoms in total. The number of rotatable bonds is 7. The van der Waals surface area contributed by atoms with Gasteiger partial charge in [0.2, 0.25) is 0 Å². The fourth-order valence-electron chi connectivity index (χ4n) is 5.36. The molecular weight excluding hydrogens is 456 g/mol. The highest BCUT2D eigenvalue weighted by atomic mass is 32.1. The molecule has 0 aromatic carbocycles. The SMILES string of the molecule is Cc1ccnc(-n2c(C)cc([C@H]3[C@@H](c4ccccn4)NC(=S)N3CCCN3CCOCC3)c2C)c1. The number of nitrogens with zero attached hydrogens (tertiary/aromatic N) is 5. The van der Waals surface area contributed by atoms with Crippen LogP contribution in [0.3, 0.4) is 0 Å². The van der Waals surface area contributed by atoms with Crippen LogP contribution in [0.25, 0.3) is 5.82 Å². The minimum absolute atomic E-state index is 0.00787. The second-order valence-electron chi connectivity index (χ2n) is 9.48. The van der Waals surface area contributed by atoms with Crippen molar-refractivity contribution in [1.82, 2.24) is 29.7 Å². The Balaban J connectivity index is 1.47. The highest BCUT2D eigenvalue weighted by Gasteiger charge is 2.41. The van der Waals surface area contributed by atoms with Crippen molar-refractivity contribution in [3.05, 3.63) is 77.0 Å². The lowest BCUT2D eigenvalue weighted by atomic mass is 9.96. The number of aromatic nitrogens is 3. The molecule has 0 radical (unpaired) electrons. The normalized spacial score (nSPS) is 20.9. The highest BCUT2D eigenvalue weighted by molar-refractivity contribution is 7.80. The molecular formula is C27H34N6OS. The van der Waals surface area contributed by atoms with E-state index in [1.54, 1.807) is 0 Å². The topological polar surface area (TPSA) is 58.5 Å². The Labute approximate surface area is 213 Å². The maximum atomic E-state index is 5.89. The van der Waals surface area contributed by atoms with Gasteiger partial charge < -0.3 is 19.5 Å². The van der Waals surface area contributed by atoms with E-state index in [1.807, 2.05) is 30.6 Å². The summed E-state index contributed by atoms with van der Waals surface area (Å²) in [7, 11) is 0. The lowest BCUT2D eigenvalue weighted by Crippen LogP contribution is -2.39. The highest BCUT2D eigenvalue weighted by Crippen LogP contribution is 2.41. The Morgan fingerprint density at radius 2 is 1.86 bits per heavy atom. The summed E-state index contributed by atoms with van der Waals surface area (Å²) < 4.78 is 7.76. The van der Waals surface area contributed by atoms with Gasteiger partial charge in [-0.2, -0.15) is 0 Å². The Morgan fingerprint density at radius 1 is 1.03 bits per heavy atom. The third-order valence-electron chi connectivity index (χ3n) is 7.09. The van der Waals surface area contributed by atoms with Crippen molar-refractivity contribution in [1.29, 1.82) is 0 Å². The molecule has 0 aliphatic carbocycles. The summed E-state index contributed by atoms with van der Waals surface area (Å²) in [4.78, 5) is 14.2. The zero-order valence-electron chi connectivity index (χ0n) is 20.8. The number of nitrogens with one attached hydrogen (secondary N) is 1. The summed E-state index contributed by atoms with van der Waals surface area (Å²) >= 11 is 5.89. The van der Waals surface area contributed by atoms with Crippen molar-refractivity contribution in [2.75, 3.05) is 39.4 Å². The maximum Gasteiger partial charge on any atom is 0.170 e. The van der Waals surface area contributed by atoms with Crippen molar-refractivity contribution in [2.24, 2.45) is 0 Å². The Bertz CT molecular complexity index is 1170. The van der Waals surface area contributed by atoms with Gasteiger partial charge in [0.1, 0.15) is 5.82 Å². The van der Waals surface area contributed by atoms with E-state index in [2.05, 4.69) is 63.6 Å². The van der Waals surface area contributed by atoms with Crippen LogP contribution in [-0.2, 0) is 4.74 Å². The van der Waals surface area contributed by atoms with Crippen LogP contribution in [0.15, 0.2) is 48.8 Å². The summed E-state index contributed by atoms with van der Waals surface area (Å²) in [6.45, 7) is 12.1. The summed E-state index contributed by atoms with van der Waals surface area (Å²) in [6.07, 6.45) is 4.79. The van der Waals surface area contributed by atoms with E-state index in [4.69, 9.17) is 21.9 Å². The van der Waals surface area contributed by atoms with Gasteiger partial charge in [-0.25, -0.2) is 4.98 Å². The molecule has 5 rings (SSSR count). The first-order chi connectivity index (χ1) is 17.0. The number of pyridine rings is 2. The summed E-state index contributed by atoms with van der Waals surface area (Å²) in [6, 6.07) is 12.6. The first-order valence-electron chi connectivity index (χ1n) is 12.4. The summed E-state index contributed by atoms with van der Waals surface area (Å²) in [5.41, 5.74) is 5.83. The van der Waals surface area contributed by atoms with Crippen molar-refractivity contribution in [2.45, 2.75) is 39.3 Å². The Hall–Kier alpha value is -2.81. The molecule has 0 unspecified atom stereocenters. The molecule has 2 aliphatic heterocycles.